The quantitative estimate of drug-likeness (QED) is 0.407. The highest BCUT2D eigenvalue weighted by atomic mass is 19.3. The number of ether oxygens (including phenoxy) is 1. The molecule has 0 amide bonds. The van der Waals surface area contributed by atoms with Crippen molar-refractivity contribution in [2.45, 2.75) is 18.5 Å². The fourth-order valence-electron chi connectivity index (χ4n) is 3.72. The molecule has 4 aromatic heterocycles. The van der Waals surface area contributed by atoms with Crippen LogP contribution < -0.4 is 20.9 Å². The van der Waals surface area contributed by atoms with Crippen LogP contribution in [0.4, 0.5) is 27.6 Å². The molecule has 1 fully saturated rings. The molecule has 0 aliphatic carbocycles. The number of aromatic amines is 2. The average molecular weight is 495 g/mol. The van der Waals surface area contributed by atoms with Crippen LogP contribution in [0.5, 0.6) is 5.88 Å². The highest BCUT2D eigenvalue weighted by molar-refractivity contribution is 5.74. The second kappa shape index (κ2) is 8.18. The van der Waals surface area contributed by atoms with Gasteiger partial charge in [0.2, 0.25) is 11.8 Å². The predicted octanol–water partition coefficient (Wildman–Crippen LogP) is 2.15. The Balaban J connectivity index is 1.53. The Morgan fingerprint density at radius 3 is 2.77 bits per heavy atom. The molecule has 182 valence electrons. The standard InChI is InChI=1S/C20H14F5N7O3/c21-14-6-26-17-12(4-11(30-32(14)17)9-5-27-19(34)29-18(9)33)31-7-13(20(24,25)8-31)35-15-3-1-2-10(28-15)16(22)23/h1-6,13,16H,7-8H2,(H2,27,29,33,34)/t13-/m0/s1. The Hall–Kier alpha value is -4.30. The lowest BCUT2D eigenvalue weighted by molar-refractivity contribution is -0.0610. The van der Waals surface area contributed by atoms with Gasteiger partial charge in [0.1, 0.15) is 11.4 Å². The first-order valence-electron chi connectivity index (χ1n) is 10.0. The molecule has 5 heterocycles. The van der Waals surface area contributed by atoms with Crippen LogP contribution in [-0.4, -0.2) is 54.7 Å². The molecule has 10 nitrogen and oxygen atoms in total. The summed E-state index contributed by atoms with van der Waals surface area (Å²) in [6, 6.07) is 4.68. The van der Waals surface area contributed by atoms with E-state index in [1.54, 1.807) is 0 Å². The van der Waals surface area contributed by atoms with Crippen molar-refractivity contribution >= 4 is 11.3 Å². The molecule has 15 heteroatoms. The molecule has 0 unspecified atom stereocenters. The van der Waals surface area contributed by atoms with Gasteiger partial charge in [-0.1, -0.05) is 6.07 Å². The van der Waals surface area contributed by atoms with E-state index in [9.17, 15) is 31.5 Å². The molecule has 2 N–H and O–H groups in total. The van der Waals surface area contributed by atoms with E-state index < -0.39 is 60.3 Å². The van der Waals surface area contributed by atoms with Gasteiger partial charge in [-0.3, -0.25) is 9.78 Å². The molecular weight excluding hydrogens is 481 g/mol. The molecule has 0 radical (unpaired) electrons. The maximum atomic E-state index is 14.9. The molecular formula is C20H14F5N7O3. The van der Waals surface area contributed by atoms with Crippen LogP contribution >= 0.6 is 0 Å². The number of anilines is 1. The summed E-state index contributed by atoms with van der Waals surface area (Å²) < 4.78 is 75.9. The predicted molar refractivity (Wildman–Crippen MR) is 110 cm³/mol. The molecule has 0 saturated carbocycles. The monoisotopic (exact) mass is 495 g/mol. The van der Waals surface area contributed by atoms with Crippen LogP contribution in [0.15, 0.2) is 46.2 Å². The van der Waals surface area contributed by atoms with Crippen molar-refractivity contribution in [2.24, 2.45) is 0 Å². The van der Waals surface area contributed by atoms with Crippen molar-refractivity contribution in [3.05, 3.63) is 69.1 Å². The minimum atomic E-state index is -3.45. The Morgan fingerprint density at radius 1 is 1.23 bits per heavy atom. The first kappa shape index (κ1) is 22.5. The minimum absolute atomic E-state index is 0.00423. The number of pyridine rings is 1. The van der Waals surface area contributed by atoms with E-state index in [2.05, 4.69) is 20.1 Å². The third kappa shape index (κ3) is 4.08. The topological polar surface area (TPSA) is 121 Å². The van der Waals surface area contributed by atoms with E-state index >= 15 is 0 Å². The van der Waals surface area contributed by atoms with Gasteiger partial charge in [-0.2, -0.15) is 14.0 Å². The number of hydrogen-bond donors (Lipinski definition) is 2. The van der Waals surface area contributed by atoms with Gasteiger partial charge in [0.15, 0.2) is 11.8 Å². The minimum Gasteiger partial charge on any atom is -0.466 e. The summed E-state index contributed by atoms with van der Waals surface area (Å²) in [6.45, 7) is -1.33. The molecule has 1 aliphatic heterocycles. The average Bonchev–Trinajstić information content (AvgIpc) is 3.32. The molecule has 1 atom stereocenters. The second-order valence-electron chi connectivity index (χ2n) is 7.67. The zero-order valence-corrected chi connectivity index (χ0v) is 17.4. The Bertz CT molecular complexity index is 1530. The number of nitrogens with zero attached hydrogens (tertiary/aromatic N) is 5. The number of halogens is 5. The van der Waals surface area contributed by atoms with Crippen molar-refractivity contribution in [3.63, 3.8) is 0 Å². The van der Waals surface area contributed by atoms with E-state index in [-0.39, 0.29) is 22.6 Å². The van der Waals surface area contributed by atoms with Gasteiger partial charge in [-0.15, -0.1) is 0 Å². The van der Waals surface area contributed by atoms with Gasteiger partial charge in [-0.25, -0.2) is 32.3 Å². The van der Waals surface area contributed by atoms with E-state index in [4.69, 9.17) is 4.74 Å². The fourth-order valence-corrected chi connectivity index (χ4v) is 3.72. The van der Waals surface area contributed by atoms with Gasteiger partial charge in [0.05, 0.1) is 30.5 Å². The Morgan fingerprint density at radius 2 is 2.03 bits per heavy atom. The van der Waals surface area contributed by atoms with Gasteiger partial charge in [0, 0.05) is 12.3 Å². The van der Waals surface area contributed by atoms with Crippen molar-refractivity contribution < 1.29 is 26.7 Å². The van der Waals surface area contributed by atoms with Crippen LogP contribution in [0.1, 0.15) is 12.1 Å². The van der Waals surface area contributed by atoms with Crippen LogP contribution in [0, 0.1) is 5.95 Å². The lowest BCUT2D eigenvalue weighted by Crippen LogP contribution is -2.36. The summed E-state index contributed by atoms with van der Waals surface area (Å²) in [5.74, 6) is -4.78. The molecule has 0 spiro atoms. The summed E-state index contributed by atoms with van der Waals surface area (Å²) in [5, 5.41) is 3.99. The van der Waals surface area contributed by atoms with E-state index in [1.807, 2.05) is 4.98 Å². The summed E-state index contributed by atoms with van der Waals surface area (Å²) in [7, 11) is 0. The zero-order valence-electron chi connectivity index (χ0n) is 17.4. The molecule has 1 aliphatic rings. The highest BCUT2D eigenvalue weighted by Gasteiger charge is 2.51. The molecule has 0 aromatic carbocycles. The number of nitrogens with one attached hydrogen (secondary N) is 2. The van der Waals surface area contributed by atoms with Gasteiger partial charge in [-0.05, 0) is 12.1 Å². The van der Waals surface area contributed by atoms with Gasteiger partial charge in [0.25, 0.3) is 12.0 Å². The lowest BCUT2D eigenvalue weighted by atomic mass is 10.2. The van der Waals surface area contributed by atoms with E-state index in [0.717, 1.165) is 27.9 Å². The van der Waals surface area contributed by atoms with Gasteiger partial charge >= 0.3 is 11.6 Å². The smallest absolute Gasteiger partial charge is 0.325 e. The number of imidazole rings is 1. The second-order valence-corrected chi connectivity index (χ2v) is 7.67. The Labute approximate surface area is 191 Å². The first-order chi connectivity index (χ1) is 16.6. The maximum absolute atomic E-state index is 14.9. The Kier molecular flexibility index (Phi) is 5.25. The van der Waals surface area contributed by atoms with Crippen molar-refractivity contribution in [1.82, 2.24) is 29.5 Å². The summed E-state index contributed by atoms with van der Waals surface area (Å²) >= 11 is 0. The molecule has 0 bridgehead atoms. The summed E-state index contributed by atoms with van der Waals surface area (Å²) in [4.78, 5) is 36.4. The summed E-state index contributed by atoms with van der Waals surface area (Å²) in [6.07, 6.45) is -2.81. The summed E-state index contributed by atoms with van der Waals surface area (Å²) in [5.41, 5.74) is -2.61. The highest BCUT2D eigenvalue weighted by Crippen LogP contribution is 2.36. The number of rotatable bonds is 5. The van der Waals surface area contributed by atoms with Crippen LogP contribution in [0.2, 0.25) is 0 Å². The molecule has 35 heavy (non-hydrogen) atoms. The van der Waals surface area contributed by atoms with E-state index in [1.165, 1.54) is 18.2 Å². The van der Waals surface area contributed by atoms with E-state index in [0.29, 0.717) is 0 Å². The van der Waals surface area contributed by atoms with Crippen LogP contribution in [0.25, 0.3) is 16.9 Å². The number of fused-ring (bicyclic) bond motifs is 1. The van der Waals surface area contributed by atoms with Crippen LogP contribution in [-0.2, 0) is 0 Å². The molecule has 5 rings (SSSR count). The van der Waals surface area contributed by atoms with Gasteiger partial charge < -0.3 is 14.6 Å². The SMILES string of the molecule is O=c1[nH]cc(-c2cc(N3C[C@H](Oc4cccc(C(F)F)n4)C(F)(F)C3)c3ncc(F)n3n2)c(=O)[nH]1. The van der Waals surface area contributed by atoms with Crippen molar-refractivity contribution in [2.75, 3.05) is 18.0 Å². The third-order valence-corrected chi connectivity index (χ3v) is 5.33. The first-order valence-corrected chi connectivity index (χ1v) is 10.0. The normalized spacial score (nSPS) is 17.4. The zero-order chi connectivity index (χ0) is 24.9. The lowest BCUT2D eigenvalue weighted by Gasteiger charge is -2.19. The molecule has 1 saturated heterocycles. The van der Waals surface area contributed by atoms with Crippen molar-refractivity contribution in [1.29, 1.82) is 0 Å². The number of aromatic nitrogens is 6. The number of alkyl halides is 4. The van der Waals surface area contributed by atoms with Crippen LogP contribution in [0.3, 0.4) is 0 Å². The van der Waals surface area contributed by atoms with Crippen molar-refractivity contribution in [3.8, 4) is 17.1 Å². The number of hydrogen-bond acceptors (Lipinski definition) is 7. The molecule has 4 aromatic rings. The largest absolute Gasteiger partial charge is 0.466 e. The fraction of sp³-hybridized carbons (Fsp3) is 0.250. The third-order valence-electron chi connectivity index (χ3n) is 5.33. The maximum Gasteiger partial charge on any atom is 0.325 e. The number of H-pyrrole nitrogens is 2.